The fraction of sp³-hybridized carbons (Fsp3) is 0.231. The van der Waals surface area contributed by atoms with Crippen LogP contribution in [0.25, 0.3) is 0 Å². The van der Waals surface area contributed by atoms with Crippen molar-refractivity contribution < 1.29 is 27.4 Å². The van der Waals surface area contributed by atoms with E-state index in [0.29, 0.717) is 11.4 Å². The molecule has 0 aliphatic carbocycles. The zero-order valence-corrected chi connectivity index (χ0v) is 19.4. The number of allylic oxidation sites excluding steroid dienone is 1. The monoisotopic (exact) mass is 485 g/mol. The molecule has 0 aliphatic rings. The normalized spacial score (nSPS) is 11.7. The Hall–Kier alpha value is -3.85. The number of aromatic nitrogens is 1. The first kappa shape index (κ1) is 25.8. The minimum absolute atomic E-state index is 0.0227. The predicted molar refractivity (Wildman–Crippen MR) is 129 cm³/mol. The number of alkyl halides is 3. The molecule has 1 heterocycles. The maximum absolute atomic E-state index is 13.8. The van der Waals surface area contributed by atoms with Gasteiger partial charge < -0.3 is 14.8 Å². The van der Waals surface area contributed by atoms with E-state index >= 15 is 0 Å². The van der Waals surface area contributed by atoms with Gasteiger partial charge in [0.05, 0.1) is 12.2 Å². The van der Waals surface area contributed by atoms with E-state index in [-0.39, 0.29) is 42.9 Å². The lowest BCUT2D eigenvalue weighted by molar-refractivity contribution is -0.137. The third-order valence-electron chi connectivity index (χ3n) is 4.83. The summed E-state index contributed by atoms with van der Waals surface area (Å²) in [4.78, 5) is 18.3. The molecule has 3 rings (SSSR count). The summed E-state index contributed by atoms with van der Waals surface area (Å²) in [5.41, 5.74) is 0.213. The molecule has 0 saturated carbocycles. The first-order valence-corrected chi connectivity index (χ1v) is 10.9. The number of nitrogens with one attached hydrogen (secondary N) is 1. The van der Waals surface area contributed by atoms with Gasteiger partial charge in [0.15, 0.2) is 5.78 Å². The predicted octanol–water partition coefficient (Wildman–Crippen LogP) is 6.20. The van der Waals surface area contributed by atoms with Crippen molar-refractivity contribution in [3.05, 3.63) is 90.3 Å². The van der Waals surface area contributed by atoms with E-state index in [1.54, 1.807) is 61.5 Å². The van der Waals surface area contributed by atoms with Crippen LogP contribution < -0.4 is 15.0 Å². The molecule has 0 atom stereocenters. The van der Waals surface area contributed by atoms with Gasteiger partial charge in [0.2, 0.25) is 5.88 Å². The van der Waals surface area contributed by atoms with Crippen molar-refractivity contribution in [3.63, 3.8) is 0 Å². The maximum Gasteiger partial charge on any atom is 0.416 e. The van der Waals surface area contributed by atoms with Crippen molar-refractivity contribution in [1.29, 1.82) is 0 Å². The van der Waals surface area contributed by atoms with Gasteiger partial charge in [-0.1, -0.05) is 43.3 Å². The van der Waals surface area contributed by atoms with E-state index in [4.69, 9.17) is 9.47 Å². The van der Waals surface area contributed by atoms with Gasteiger partial charge >= 0.3 is 6.18 Å². The van der Waals surface area contributed by atoms with E-state index in [1.165, 1.54) is 18.1 Å². The number of hydrogen-bond donors (Lipinski definition) is 1. The number of para-hydroxylation sites is 2. The molecule has 3 aromatic rings. The van der Waals surface area contributed by atoms with Gasteiger partial charge in [-0.05, 0) is 30.3 Å². The van der Waals surface area contributed by atoms with Crippen molar-refractivity contribution in [2.45, 2.75) is 19.5 Å². The zero-order valence-electron chi connectivity index (χ0n) is 19.4. The molecule has 6 nitrogen and oxygen atoms in total. The summed E-state index contributed by atoms with van der Waals surface area (Å²) < 4.78 is 51.8. The highest BCUT2D eigenvalue weighted by molar-refractivity contribution is 5.92. The Labute approximate surface area is 202 Å². The molecule has 0 radical (unpaired) electrons. The molecule has 1 N–H and O–H groups in total. The van der Waals surface area contributed by atoms with E-state index in [1.807, 2.05) is 6.07 Å². The number of ketones is 1. The van der Waals surface area contributed by atoms with Crippen molar-refractivity contribution in [3.8, 4) is 5.88 Å². The Balaban J connectivity index is 2.19. The Morgan fingerprint density at radius 1 is 1.03 bits per heavy atom. The van der Waals surface area contributed by atoms with Gasteiger partial charge in [-0.3, -0.25) is 9.69 Å². The molecule has 35 heavy (non-hydrogen) atoms. The van der Waals surface area contributed by atoms with Crippen molar-refractivity contribution in [2.24, 2.45) is 0 Å². The second-order valence-electron chi connectivity index (χ2n) is 7.40. The summed E-state index contributed by atoms with van der Waals surface area (Å²) >= 11 is 0. The van der Waals surface area contributed by atoms with Crippen LogP contribution in [-0.2, 0) is 15.7 Å². The molecule has 0 bridgehead atoms. The largest absolute Gasteiger partial charge is 0.475 e. The molecule has 0 saturated heterocycles. The van der Waals surface area contributed by atoms with Crippen LogP contribution in [0.15, 0.2) is 84.7 Å². The van der Waals surface area contributed by atoms with Gasteiger partial charge in [0.25, 0.3) is 0 Å². The summed E-state index contributed by atoms with van der Waals surface area (Å²) in [6.45, 7) is 1.91. The van der Waals surface area contributed by atoms with E-state index < -0.39 is 11.7 Å². The SMILES string of the molecule is CCC(=O)/C=C(/Nc1ccccc1)N(c1ccccc1)c1cc(C(F)(F)F)cc(OCCOC)n1. The minimum Gasteiger partial charge on any atom is -0.475 e. The van der Waals surface area contributed by atoms with E-state index in [2.05, 4.69) is 10.3 Å². The van der Waals surface area contributed by atoms with Crippen LogP contribution in [0.5, 0.6) is 5.88 Å². The number of pyridine rings is 1. The number of methoxy groups -OCH3 is 1. The highest BCUT2D eigenvalue weighted by atomic mass is 19.4. The van der Waals surface area contributed by atoms with E-state index in [0.717, 1.165) is 12.1 Å². The lowest BCUT2D eigenvalue weighted by Crippen LogP contribution is -2.25. The van der Waals surface area contributed by atoms with E-state index in [9.17, 15) is 18.0 Å². The fourth-order valence-electron chi connectivity index (χ4n) is 3.13. The molecule has 0 amide bonds. The molecule has 0 fully saturated rings. The highest BCUT2D eigenvalue weighted by Gasteiger charge is 2.33. The number of carbonyl (C=O) groups excluding carboxylic acids is 1. The van der Waals surface area contributed by atoms with Crippen LogP contribution in [-0.4, -0.2) is 31.1 Å². The smallest absolute Gasteiger partial charge is 0.416 e. The molecular weight excluding hydrogens is 459 g/mol. The van der Waals surface area contributed by atoms with Crippen LogP contribution in [0.3, 0.4) is 0 Å². The zero-order chi connectivity index (χ0) is 25.3. The first-order valence-electron chi connectivity index (χ1n) is 10.9. The second-order valence-corrected chi connectivity index (χ2v) is 7.40. The maximum atomic E-state index is 13.8. The molecule has 1 aromatic heterocycles. The van der Waals surface area contributed by atoms with Crippen LogP contribution >= 0.6 is 0 Å². The lowest BCUT2D eigenvalue weighted by Gasteiger charge is -2.28. The third-order valence-corrected chi connectivity index (χ3v) is 4.83. The summed E-state index contributed by atoms with van der Waals surface area (Å²) in [6, 6.07) is 19.5. The number of carbonyl (C=O) groups is 1. The number of rotatable bonds is 11. The molecular formula is C26H26F3N3O3. The quantitative estimate of drug-likeness (QED) is 0.258. The molecule has 184 valence electrons. The van der Waals surface area contributed by atoms with Gasteiger partial charge in [-0.25, -0.2) is 0 Å². The Morgan fingerprint density at radius 3 is 2.29 bits per heavy atom. The number of benzene rings is 2. The Kier molecular flexibility index (Phi) is 8.86. The molecule has 0 unspecified atom stereocenters. The second kappa shape index (κ2) is 12.0. The van der Waals surface area contributed by atoms with Crippen molar-refractivity contribution in [1.82, 2.24) is 4.98 Å². The lowest BCUT2D eigenvalue weighted by atomic mass is 10.2. The first-order chi connectivity index (χ1) is 16.8. The van der Waals surface area contributed by atoms with Gasteiger partial charge in [-0.15, -0.1) is 0 Å². The number of anilines is 3. The van der Waals surface area contributed by atoms with Crippen LogP contribution in [0.1, 0.15) is 18.9 Å². The standard InChI is InChI=1S/C26H26F3N3O3/c1-3-22(33)18-24(30-20-10-6-4-7-11-20)32(21-12-8-5-9-13-21)23-16-19(26(27,28)29)17-25(31-23)35-15-14-34-2/h4-13,16-18,30H,3,14-15H2,1-2H3/b24-18-. The Bertz CT molecular complexity index is 1140. The van der Waals surface area contributed by atoms with Gasteiger partial charge in [0, 0.05) is 37.0 Å². The van der Waals surface area contributed by atoms with Gasteiger partial charge in [0.1, 0.15) is 18.2 Å². The summed E-state index contributed by atoms with van der Waals surface area (Å²) in [7, 11) is 1.46. The summed E-state index contributed by atoms with van der Waals surface area (Å²) in [5, 5.41) is 3.16. The van der Waals surface area contributed by atoms with Crippen molar-refractivity contribution in [2.75, 3.05) is 30.5 Å². The molecule has 9 heteroatoms. The average molecular weight is 486 g/mol. The molecule has 2 aromatic carbocycles. The van der Waals surface area contributed by atoms with Gasteiger partial charge in [-0.2, -0.15) is 18.2 Å². The average Bonchev–Trinajstić information content (AvgIpc) is 2.85. The summed E-state index contributed by atoms with van der Waals surface area (Å²) in [5.74, 6) is -0.262. The summed E-state index contributed by atoms with van der Waals surface area (Å²) in [6.07, 6.45) is -3.08. The minimum atomic E-state index is -4.64. The third kappa shape index (κ3) is 7.31. The Morgan fingerprint density at radius 2 is 1.69 bits per heavy atom. The van der Waals surface area contributed by atoms with Crippen LogP contribution in [0.2, 0.25) is 0 Å². The highest BCUT2D eigenvalue weighted by Crippen LogP contribution is 2.37. The van der Waals surface area contributed by atoms with Crippen molar-refractivity contribution >= 4 is 23.0 Å². The molecule has 0 spiro atoms. The number of halogens is 3. The number of ether oxygens (including phenoxy) is 2. The topological polar surface area (TPSA) is 63.7 Å². The van der Waals surface area contributed by atoms with Crippen LogP contribution in [0, 0.1) is 0 Å². The fourth-order valence-corrected chi connectivity index (χ4v) is 3.13. The molecule has 0 aliphatic heterocycles. The number of hydrogen-bond acceptors (Lipinski definition) is 6. The number of nitrogens with zero attached hydrogens (tertiary/aromatic N) is 2. The van der Waals surface area contributed by atoms with Crippen LogP contribution in [0.4, 0.5) is 30.4 Å².